The molecule has 172 valence electrons. The first-order valence-corrected chi connectivity index (χ1v) is 11.5. The van der Waals surface area contributed by atoms with Gasteiger partial charge in [-0.05, 0) is 60.7 Å². The summed E-state index contributed by atoms with van der Waals surface area (Å²) < 4.78 is 32.9. The van der Waals surface area contributed by atoms with Gasteiger partial charge >= 0.3 is 0 Å². The van der Waals surface area contributed by atoms with E-state index >= 15 is 0 Å². The van der Waals surface area contributed by atoms with E-state index in [1.165, 1.54) is 24.1 Å². The first-order valence-electron chi connectivity index (χ1n) is 10.1. The Morgan fingerprint density at radius 2 is 1.48 bits per heavy atom. The Balaban J connectivity index is 1.85. The number of carbonyl (C=O) groups is 2. The van der Waals surface area contributed by atoms with Gasteiger partial charge in [0.1, 0.15) is 12.3 Å². The number of nitrogens with zero attached hydrogens (tertiary/aromatic N) is 2. The third kappa shape index (κ3) is 5.69. The molecule has 1 N–H and O–H groups in total. The van der Waals surface area contributed by atoms with Crippen LogP contribution in [0.5, 0.6) is 5.75 Å². The van der Waals surface area contributed by atoms with E-state index in [1.54, 1.807) is 80.8 Å². The van der Waals surface area contributed by atoms with Gasteiger partial charge in [0.15, 0.2) is 0 Å². The number of carbonyl (C=O) groups excluding carboxylic acids is 2. The minimum atomic E-state index is -4.01. The molecule has 0 radical (unpaired) electrons. The summed E-state index contributed by atoms with van der Waals surface area (Å²) in [5, 5.41) is 2.69. The predicted octanol–water partition coefficient (Wildman–Crippen LogP) is 3.23. The zero-order valence-corrected chi connectivity index (χ0v) is 19.4. The van der Waals surface area contributed by atoms with Crippen LogP contribution in [0, 0.1) is 0 Å². The van der Waals surface area contributed by atoms with Crippen LogP contribution in [0.4, 0.5) is 11.4 Å². The van der Waals surface area contributed by atoms with Gasteiger partial charge in [-0.15, -0.1) is 0 Å². The maximum absolute atomic E-state index is 13.3. The van der Waals surface area contributed by atoms with Gasteiger partial charge in [0, 0.05) is 25.3 Å². The maximum Gasteiger partial charge on any atom is 0.264 e. The molecule has 0 aliphatic rings. The van der Waals surface area contributed by atoms with Crippen molar-refractivity contribution in [3.05, 3.63) is 84.4 Å². The fraction of sp³-hybridized carbons (Fsp3) is 0.167. The standard InChI is InChI=1S/C24H25N3O5S/c1-26(2)24(29)18-9-11-19(12-10-18)25-23(28)17-27(20-13-15-21(32-3)16-14-20)33(30,31)22-7-5-4-6-8-22/h4-16H,17H2,1-3H3,(H,25,28). The molecule has 2 amide bonds. The van der Waals surface area contributed by atoms with Crippen molar-refractivity contribution in [2.45, 2.75) is 4.90 Å². The number of benzene rings is 3. The van der Waals surface area contributed by atoms with Crippen molar-refractivity contribution in [3.8, 4) is 5.75 Å². The highest BCUT2D eigenvalue weighted by atomic mass is 32.2. The third-order valence-electron chi connectivity index (χ3n) is 4.80. The van der Waals surface area contributed by atoms with Crippen LogP contribution in [0.25, 0.3) is 0 Å². The van der Waals surface area contributed by atoms with Crippen molar-refractivity contribution >= 4 is 33.2 Å². The number of sulfonamides is 1. The highest BCUT2D eigenvalue weighted by Gasteiger charge is 2.27. The summed E-state index contributed by atoms with van der Waals surface area (Å²) in [6.07, 6.45) is 0. The molecule has 0 saturated carbocycles. The van der Waals surface area contributed by atoms with Gasteiger partial charge in [-0.1, -0.05) is 18.2 Å². The van der Waals surface area contributed by atoms with Gasteiger partial charge in [0.05, 0.1) is 17.7 Å². The average Bonchev–Trinajstić information content (AvgIpc) is 2.83. The van der Waals surface area contributed by atoms with Crippen molar-refractivity contribution < 1.29 is 22.7 Å². The SMILES string of the molecule is COc1ccc(N(CC(=O)Nc2ccc(C(=O)N(C)C)cc2)S(=O)(=O)c2ccccc2)cc1. The van der Waals surface area contributed by atoms with Gasteiger partial charge in [0.2, 0.25) is 5.91 Å². The summed E-state index contributed by atoms with van der Waals surface area (Å²) in [4.78, 5) is 26.4. The fourth-order valence-corrected chi connectivity index (χ4v) is 4.51. The van der Waals surface area contributed by atoms with Gasteiger partial charge in [-0.25, -0.2) is 8.42 Å². The number of hydrogen-bond donors (Lipinski definition) is 1. The van der Waals surface area contributed by atoms with Crippen LogP contribution >= 0.6 is 0 Å². The molecule has 0 bridgehead atoms. The Bertz CT molecular complexity index is 1210. The number of anilines is 2. The normalized spacial score (nSPS) is 10.9. The van der Waals surface area contributed by atoms with E-state index in [0.717, 1.165) is 4.31 Å². The second-order valence-electron chi connectivity index (χ2n) is 7.35. The lowest BCUT2D eigenvalue weighted by Gasteiger charge is -2.24. The number of hydrogen-bond acceptors (Lipinski definition) is 5. The zero-order valence-electron chi connectivity index (χ0n) is 18.6. The zero-order chi connectivity index (χ0) is 24.0. The number of rotatable bonds is 8. The van der Waals surface area contributed by atoms with Crippen LogP contribution < -0.4 is 14.4 Å². The Kier molecular flexibility index (Phi) is 7.34. The lowest BCUT2D eigenvalue weighted by molar-refractivity contribution is -0.114. The van der Waals surface area contributed by atoms with E-state index in [4.69, 9.17) is 4.74 Å². The van der Waals surface area contributed by atoms with Gasteiger partial charge < -0.3 is 15.0 Å². The minimum absolute atomic E-state index is 0.0696. The molecular formula is C24H25N3O5S. The number of amides is 2. The van der Waals surface area contributed by atoms with E-state index in [0.29, 0.717) is 22.7 Å². The Morgan fingerprint density at radius 1 is 0.879 bits per heavy atom. The quantitative estimate of drug-likeness (QED) is 0.549. The summed E-state index contributed by atoms with van der Waals surface area (Å²) in [5.74, 6) is -0.128. The topological polar surface area (TPSA) is 96.0 Å². The molecule has 0 saturated heterocycles. The van der Waals surface area contributed by atoms with E-state index in [9.17, 15) is 18.0 Å². The van der Waals surface area contributed by atoms with Crippen molar-refractivity contribution in [3.63, 3.8) is 0 Å². The molecule has 8 nitrogen and oxygen atoms in total. The predicted molar refractivity (Wildman–Crippen MR) is 127 cm³/mol. The molecule has 3 aromatic carbocycles. The summed E-state index contributed by atoms with van der Waals surface area (Å²) in [6.45, 7) is -0.443. The largest absolute Gasteiger partial charge is 0.497 e. The molecule has 0 unspecified atom stereocenters. The van der Waals surface area contributed by atoms with Crippen LogP contribution in [-0.2, 0) is 14.8 Å². The van der Waals surface area contributed by atoms with Crippen molar-refractivity contribution in [2.24, 2.45) is 0 Å². The van der Waals surface area contributed by atoms with Crippen LogP contribution in [-0.4, -0.2) is 52.9 Å². The van der Waals surface area contributed by atoms with Crippen molar-refractivity contribution in [1.29, 1.82) is 0 Å². The van der Waals surface area contributed by atoms with E-state index in [2.05, 4.69) is 5.32 Å². The number of methoxy groups -OCH3 is 1. The monoisotopic (exact) mass is 467 g/mol. The Labute approximate surface area is 193 Å². The second kappa shape index (κ2) is 10.2. The average molecular weight is 468 g/mol. The molecule has 0 aliphatic carbocycles. The van der Waals surface area contributed by atoms with Crippen LogP contribution in [0.15, 0.2) is 83.8 Å². The fourth-order valence-electron chi connectivity index (χ4n) is 3.07. The number of ether oxygens (including phenoxy) is 1. The van der Waals surface area contributed by atoms with E-state index in [-0.39, 0.29) is 10.8 Å². The smallest absolute Gasteiger partial charge is 0.264 e. The van der Waals surface area contributed by atoms with Crippen LogP contribution in [0.2, 0.25) is 0 Å². The van der Waals surface area contributed by atoms with E-state index in [1.807, 2.05) is 0 Å². The molecule has 33 heavy (non-hydrogen) atoms. The van der Waals surface area contributed by atoms with Crippen molar-refractivity contribution in [1.82, 2.24) is 4.90 Å². The molecule has 3 aromatic rings. The van der Waals surface area contributed by atoms with Gasteiger partial charge in [-0.3, -0.25) is 13.9 Å². The van der Waals surface area contributed by atoms with Crippen molar-refractivity contribution in [2.75, 3.05) is 37.4 Å². The van der Waals surface area contributed by atoms with Gasteiger partial charge in [-0.2, -0.15) is 0 Å². The van der Waals surface area contributed by atoms with Crippen LogP contribution in [0.1, 0.15) is 10.4 Å². The highest BCUT2D eigenvalue weighted by Crippen LogP contribution is 2.26. The lowest BCUT2D eigenvalue weighted by Crippen LogP contribution is -2.38. The maximum atomic E-state index is 13.3. The minimum Gasteiger partial charge on any atom is -0.497 e. The Hall–Kier alpha value is -3.85. The highest BCUT2D eigenvalue weighted by molar-refractivity contribution is 7.92. The van der Waals surface area contributed by atoms with Crippen LogP contribution in [0.3, 0.4) is 0 Å². The summed E-state index contributed by atoms with van der Waals surface area (Å²) in [7, 11) is 0.809. The molecule has 0 fully saturated rings. The lowest BCUT2D eigenvalue weighted by atomic mass is 10.2. The Morgan fingerprint density at radius 3 is 2.03 bits per heavy atom. The molecule has 0 atom stereocenters. The third-order valence-corrected chi connectivity index (χ3v) is 6.59. The molecule has 9 heteroatoms. The molecule has 0 aromatic heterocycles. The van der Waals surface area contributed by atoms with Gasteiger partial charge in [0.25, 0.3) is 15.9 Å². The summed E-state index contributed by atoms with van der Waals surface area (Å²) >= 11 is 0. The first kappa shape index (κ1) is 23.8. The molecule has 3 rings (SSSR count). The molecule has 0 heterocycles. The first-order chi connectivity index (χ1) is 15.7. The number of nitrogens with one attached hydrogen (secondary N) is 1. The molecule has 0 spiro atoms. The molecular weight excluding hydrogens is 442 g/mol. The summed E-state index contributed by atoms with van der Waals surface area (Å²) in [5.41, 5.74) is 1.24. The molecule has 0 aliphatic heterocycles. The summed E-state index contributed by atoms with van der Waals surface area (Å²) in [6, 6.07) is 20.7. The van der Waals surface area contributed by atoms with E-state index < -0.39 is 22.5 Å². The second-order valence-corrected chi connectivity index (χ2v) is 9.21.